The van der Waals surface area contributed by atoms with E-state index >= 15 is 0 Å². The molecule has 0 aromatic heterocycles. The highest BCUT2D eigenvalue weighted by molar-refractivity contribution is 7.99. The molecule has 0 aromatic carbocycles. The summed E-state index contributed by atoms with van der Waals surface area (Å²) in [5.74, 6) is 4.51. The molecular weight excluding hydrogens is 194 g/mol. The third kappa shape index (κ3) is 5.33. The normalized spacial score (nSPS) is 16.1. The molecular formula is C11H17NOS. The van der Waals surface area contributed by atoms with Gasteiger partial charge >= 0.3 is 0 Å². The average Bonchev–Trinajstić information content (AvgIpc) is 2.25. The summed E-state index contributed by atoms with van der Waals surface area (Å²) in [4.78, 5) is 0. The van der Waals surface area contributed by atoms with Crippen LogP contribution in [-0.2, 0) is 4.74 Å². The molecule has 0 saturated heterocycles. The first-order chi connectivity index (χ1) is 6.93. The maximum atomic E-state index is 5.34. The van der Waals surface area contributed by atoms with Gasteiger partial charge in [-0.1, -0.05) is 12.0 Å². The van der Waals surface area contributed by atoms with Crippen LogP contribution in [0.5, 0.6) is 0 Å². The zero-order valence-corrected chi connectivity index (χ0v) is 9.24. The van der Waals surface area contributed by atoms with Crippen molar-refractivity contribution in [3.63, 3.8) is 0 Å². The van der Waals surface area contributed by atoms with Gasteiger partial charge in [-0.2, -0.15) is 0 Å². The maximum absolute atomic E-state index is 5.34. The van der Waals surface area contributed by atoms with Gasteiger partial charge in [-0.15, -0.1) is 18.2 Å². The van der Waals surface area contributed by atoms with Gasteiger partial charge in [0.2, 0.25) is 0 Å². The number of hydrogen-bond acceptors (Lipinski definition) is 3. The number of nitrogens with one attached hydrogen (secondary N) is 1. The van der Waals surface area contributed by atoms with E-state index in [0.717, 1.165) is 44.2 Å². The minimum Gasteiger partial charge on any atom is -0.377 e. The van der Waals surface area contributed by atoms with Gasteiger partial charge in [-0.05, 0) is 12.0 Å². The SMILES string of the molecule is C#CCSCCNCC1=CCCOC1. The third-order valence-electron chi connectivity index (χ3n) is 1.94. The Hall–Kier alpha value is -0.430. The Balaban J connectivity index is 1.93. The number of terminal acetylenes is 1. The molecule has 14 heavy (non-hydrogen) atoms. The van der Waals surface area contributed by atoms with Crippen molar-refractivity contribution in [2.75, 3.05) is 37.8 Å². The highest BCUT2D eigenvalue weighted by Crippen LogP contribution is 2.04. The van der Waals surface area contributed by atoms with Crippen LogP contribution in [0.2, 0.25) is 0 Å². The predicted octanol–water partition coefficient (Wildman–Crippen LogP) is 1.29. The summed E-state index contributed by atoms with van der Waals surface area (Å²) >= 11 is 1.79. The van der Waals surface area contributed by atoms with Gasteiger partial charge in [0.05, 0.1) is 19.0 Å². The van der Waals surface area contributed by atoms with Crippen molar-refractivity contribution >= 4 is 11.8 Å². The van der Waals surface area contributed by atoms with Crippen LogP contribution in [-0.4, -0.2) is 37.8 Å². The molecule has 0 aliphatic carbocycles. The van der Waals surface area contributed by atoms with E-state index in [1.165, 1.54) is 5.57 Å². The van der Waals surface area contributed by atoms with E-state index in [4.69, 9.17) is 11.2 Å². The monoisotopic (exact) mass is 211 g/mol. The summed E-state index contributed by atoms with van der Waals surface area (Å²) in [7, 11) is 0. The zero-order chi connectivity index (χ0) is 10.1. The quantitative estimate of drug-likeness (QED) is 0.406. The molecule has 0 radical (unpaired) electrons. The standard InChI is InChI=1S/C11H17NOS/c1-2-7-14-8-5-12-9-11-4-3-6-13-10-11/h1,4,12H,3,5-10H2. The van der Waals surface area contributed by atoms with Crippen LogP contribution in [0.4, 0.5) is 0 Å². The summed E-state index contributed by atoms with van der Waals surface area (Å²) in [6, 6.07) is 0. The molecule has 0 spiro atoms. The second-order valence-corrected chi connectivity index (χ2v) is 4.24. The Bertz CT molecular complexity index is 220. The third-order valence-corrected chi connectivity index (χ3v) is 2.81. The Labute approximate surface area is 90.5 Å². The highest BCUT2D eigenvalue weighted by Gasteiger charge is 2.02. The summed E-state index contributed by atoms with van der Waals surface area (Å²) in [5, 5.41) is 3.38. The van der Waals surface area contributed by atoms with Crippen LogP contribution >= 0.6 is 11.8 Å². The molecule has 0 amide bonds. The molecule has 0 atom stereocenters. The van der Waals surface area contributed by atoms with E-state index in [-0.39, 0.29) is 0 Å². The van der Waals surface area contributed by atoms with Crippen molar-refractivity contribution in [2.45, 2.75) is 6.42 Å². The smallest absolute Gasteiger partial charge is 0.0689 e. The molecule has 2 nitrogen and oxygen atoms in total. The van der Waals surface area contributed by atoms with Gasteiger partial charge in [-0.3, -0.25) is 0 Å². The lowest BCUT2D eigenvalue weighted by Crippen LogP contribution is -2.23. The van der Waals surface area contributed by atoms with Gasteiger partial charge in [-0.25, -0.2) is 0 Å². The molecule has 78 valence electrons. The van der Waals surface area contributed by atoms with Crippen molar-refractivity contribution < 1.29 is 4.74 Å². The molecule has 0 bridgehead atoms. The Morgan fingerprint density at radius 1 is 1.64 bits per heavy atom. The molecule has 0 fully saturated rings. The largest absolute Gasteiger partial charge is 0.377 e. The second kappa shape index (κ2) is 7.93. The van der Waals surface area contributed by atoms with Crippen molar-refractivity contribution in [1.29, 1.82) is 0 Å². The fourth-order valence-corrected chi connectivity index (χ4v) is 1.81. The first kappa shape index (κ1) is 11.6. The lowest BCUT2D eigenvalue weighted by atomic mass is 10.2. The summed E-state index contributed by atoms with van der Waals surface area (Å²) in [6.07, 6.45) is 8.47. The van der Waals surface area contributed by atoms with E-state index in [1.54, 1.807) is 11.8 Å². The Morgan fingerprint density at radius 3 is 3.29 bits per heavy atom. The Kier molecular flexibility index (Phi) is 6.59. The second-order valence-electron chi connectivity index (χ2n) is 3.14. The molecule has 1 heterocycles. The van der Waals surface area contributed by atoms with Crippen molar-refractivity contribution in [3.8, 4) is 12.3 Å². The molecule has 1 N–H and O–H groups in total. The van der Waals surface area contributed by atoms with E-state index in [2.05, 4.69) is 17.3 Å². The predicted molar refractivity (Wildman–Crippen MR) is 62.5 cm³/mol. The van der Waals surface area contributed by atoms with Crippen molar-refractivity contribution in [2.24, 2.45) is 0 Å². The van der Waals surface area contributed by atoms with E-state index < -0.39 is 0 Å². The van der Waals surface area contributed by atoms with Crippen LogP contribution in [0.15, 0.2) is 11.6 Å². The lowest BCUT2D eigenvalue weighted by molar-refractivity contribution is 0.149. The van der Waals surface area contributed by atoms with Gasteiger partial charge in [0.1, 0.15) is 0 Å². The van der Waals surface area contributed by atoms with E-state index in [1.807, 2.05) is 0 Å². The van der Waals surface area contributed by atoms with Gasteiger partial charge in [0.15, 0.2) is 0 Å². The molecule has 0 unspecified atom stereocenters. The Morgan fingerprint density at radius 2 is 2.57 bits per heavy atom. The van der Waals surface area contributed by atoms with Gasteiger partial charge in [0, 0.05) is 18.8 Å². The molecule has 0 aromatic rings. The first-order valence-electron chi connectivity index (χ1n) is 4.91. The van der Waals surface area contributed by atoms with Crippen LogP contribution in [0, 0.1) is 12.3 Å². The molecule has 1 aliphatic heterocycles. The summed E-state index contributed by atoms with van der Waals surface area (Å²) in [5.41, 5.74) is 1.37. The summed E-state index contributed by atoms with van der Waals surface area (Å²) in [6.45, 7) is 3.65. The van der Waals surface area contributed by atoms with Crippen molar-refractivity contribution in [1.82, 2.24) is 5.32 Å². The van der Waals surface area contributed by atoms with Crippen molar-refractivity contribution in [3.05, 3.63) is 11.6 Å². The fourth-order valence-electron chi connectivity index (χ4n) is 1.26. The first-order valence-corrected chi connectivity index (χ1v) is 6.06. The zero-order valence-electron chi connectivity index (χ0n) is 8.42. The molecule has 1 aliphatic rings. The minimum absolute atomic E-state index is 0.796. The fraction of sp³-hybridized carbons (Fsp3) is 0.636. The number of ether oxygens (including phenoxy) is 1. The molecule has 0 saturated carbocycles. The topological polar surface area (TPSA) is 21.3 Å². The number of hydrogen-bond donors (Lipinski definition) is 1. The average molecular weight is 211 g/mol. The van der Waals surface area contributed by atoms with E-state index in [0.29, 0.717) is 0 Å². The van der Waals surface area contributed by atoms with Crippen LogP contribution < -0.4 is 5.32 Å². The van der Waals surface area contributed by atoms with Crippen LogP contribution in [0.3, 0.4) is 0 Å². The molecule has 1 rings (SSSR count). The molecule has 3 heteroatoms. The maximum Gasteiger partial charge on any atom is 0.0689 e. The lowest BCUT2D eigenvalue weighted by Gasteiger charge is -2.13. The van der Waals surface area contributed by atoms with Gasteiger partial charge in [0.25, 0.3) is 0 Å². The van der Waals surface area contributed by atoms with Gasteiger partial charge < -0.3 is 10.1 Å². The van der Waals surface area contributed by atoms with Crippen LogP contribution in [0.1, 0.15) is 6.42 Å². The minimum atomic E-state index is 0.796. The highest BCUT2D eigenvalue weighted by atomic mass is 32.2. The number of thioether (sulfide) groups is 1. The van der Waals surface area contributed by atoms with E-state index in [9.17, 15) is 0 Å². The summed E-state index contributed by atoms with van der Waals surface area (Å²) < 4.78 is 5.34. The van der Waals surface area contributed by atoms with Crippen LogP contribution in [0.25, 0.3) is 0 Å². The number of rotatable bonds is 6.